The summed E-state index contributed by atoms with van der Waals surface area (Å²) in [7, 11) is 0. The van der Waals surface area contributed by atoms with Crippen LogP contribution in [0, 0.1) is 5.82 Å². The number of halogens is 1. The molecular weight excluding hydrogens is 381 g/mol. The largest absolute Gasteiger partial charge is 0.442 e. The molecule has 0 aromatic heterocycles. The maximum atomic E-state index is 15.0. The van der Waals surface area contributed by atoms with Crippen LogP contribution in [0.4, 0.5) is 20.6 Å². The van der Waals surface area contributed by atoms with Gasteiger partial charge in [-0.1, -0.05) is 0 Å². The van der Waals surface area contributed by atoms with E-state index in [9.17, 15) is 14.0 Å². The molecule has 2 amide bonds. The summed E-state index contributed by atoms with van der Waals surface area (Å²) in [5, 5.41) is 2.63. The normalized spacial score (nSPS) is 27.2. The molecule has 29 heavy (non-hydrogen) atoms. The van der Waals surface area contributed by atoms with E-state index in [1.807, 2.05) is 4.90 Å². The molecule has 3 aliphatic rings. The number of nitrogens with zero attached hydrogens (tertiary/aromatic N) is 2. The lowest BCUT2D eigenvalue weighted by atomic mass is 9.94. The van der Waals surface area contributed by atoms with Crippen molar-refractivity contribution in [2.75, 3.05) is 55.8 Å². The Morgan fingerprint density at radius 3 is 2.97 bits per heavy atom. The lowest BCUT2D eigenvalue weighted by Crippen LogP contribution is -2.56. The molecule has 3 heterocycles. The van der Waals surface area contributed by atoms with Gasteiger partial charge in [-0.15, -0.1) is 0 Å². The van der Waals surface area contributed by atoms with E-state index in [1.54, 1.807) is 12.1 Å². The van der Waals surface area contributed by atoms with E-state index in [-0.39, 0.29) is 24.6 Å². The first-order chi connectivity index (χ1) is 14.0. The van der Waals surface area contributed by atoms with Crippen LogP contribution in [0.5, 0.6) is 0 Å². The van der Waals surface area contributed by atoms with Crippen LogP contribution in [-0.2, 0) is 19.0 Å². The van der Waals surface area contributed by atoms with Gasteiger partial charge in [0.1, 0.15) is 17.5 Å². The summed E-state index contributed by atoms with van der Waals surface area (Å²) in [6, 6.07) is 4.78. The smallest absolute Gasteiger partial charge is 0.414 e. The second-order valence-corrected chi connectivity index (χ2v) is 7.80. The first-order valence-corrected chi connectivity index (χ1v) is 9.95. The molecule has 1 aromatic carbocycles. The Balaban J connectivity index is 1.45. The fourth-order valence-corrected chi connectivity index (χ4v) is 4.13. The molecule has 0 aliphatic carbocycles. The fourth-order valence-electron chi connectivity index (χ4n) is 4.13. The minimum Gasteiger partial charge on any atom is -0.442 e. The number of cyclic esters (lactones) is 1. The zero-order valence-corrected chi connectivity index (χ0v) is 16.5. The van der Waals surface area contributed by atoms with Gasteiger partial charge in [-0.3, -0.25) is 9.69 Å². The van der Waals surface area contributed by atoms with Crippen LogP contribution in [0.3, 0.4) is 0 Å². The van der Waals surface area contributed by atoms with Gasteiger partial charge in [-0.05, 0) is 31.0 Å². The summed E-state index contributed by atoms with van der Waals surface area (Å²) < 4.78 is 31.8. The average Bonchev–Trinajstić information content (AvgIpc) is 3.07. The number of hydrogen-bond acceptors (Lipinski definition) is 6. The van der Waals surface area contributed by atoms with Gasteiger partial charge in [-0.25, -0.2) is 9.18 Å². The Kier molecular flexibility index (Phi) is 5.60. The van der Waals surface area contributed by atoms with Gasteiger partial charge in [0.15, 0.2) is 0 Å². The molecule has 0 bridgehead atoms. The summed E-state index contributed by atoms with van der Waals surface area (Å²) >= 11 is 0. The van der Waals surface area contributed by atoms with Gasteiger partial charge in [0.2, 0.25) is 5.91 Å². The first kappa shape index (κ1) is 19.9. The monoisotopic (exact) mass is 407 g/mol. The molecule has 8 nitrogen and oxygen atoms in total. The minimum absolute atomic E-state index is 0.193. The van der Waals surface area contributed by atoms with Crippen molar-refractivity contribution >= 4 is 23.4 Å². The van der Waals surface area contributed by atoms with Crippen molar-refractivity contribution < 1.29 is 28.2 Å². The van der Waals surface area contributed by atoms with Crippen molar-refractivity contribution in [2.24, 2.45) is 0 Å². The maximum Gasteiger partial charge on any atom is 0.414 e. The summed E-state index contributed by atoms with van der Waals surface area (Å²) in [6.45, 7) is 4.86. The standard InChI is InChI=1S/C20H26FN3O5/c1-14(25)22-10-16-11-24(19(26)29-16)15-3-4-18(17(21)9-15)23-6-8-28-20(12-23)5-2-7-27-13-20/h3-4,9,16H,2,5-8,10-13H2,1H3,(H,22,25)/t16-,20-/m0/s1. The van der Waals surface area contributed by atoms with Crippen LogP contribution in [0.2, 0.25) is 0 Å². The topological polar surface area (TPSA) is 80.3 Å². The molecule has 0 unspecified atom stereocenters. The second kappa shape index (κ2) is 8.16. The van der Waals surface area contributed by atoms with Crippen molar-refractivity contribution in [3.63, 3.8) is 0 Å². The van der Waals surface area contributed by atoms with Crippen LogP contribution >= 0.6 is 0 Å². The highest BCUT2D eigenvalue weighted by Crippen LogP contribution is 2.33. The SMILES string of the molecule is CC(=O)NC[C@H]1CN(c2ccc(N3CCO[C@@]4(CCCOC4)C3)c(F)c2)C(=O)O1. The van der Waals surface area contributed by atoms with E-state index >= 15 is 0 Å². The molecule has 2 atom stereocenters. The Morgan fingerprint density at radius 2 is 2.24 bits per heavy atom. The summed E-state index contributed by atoms with van der Waals surface area (Å²) in [4.78, 5) is 26.6. The van der Waals surface area contributed by atoms with Gasteiger partial charge >= 0.3 is 6.09 Å². The zero-order valence-electron chi connectivity index (χ0n) is 16.5. The lowest BCUT2D eigenvalue weighted by Gasteiger charge is -2.45. The van der Waals surface area contributed by atoms with Crippen LogP contribution in [0.15, 0.2) is 18.2 Å². The number of hydrogen-bond donors (Lipinski definition) is 1. The van der Waals surface area contributed by atoms with Gasteiger partial charge in [-0.2, -0.15) is 0 Å². The molecule has 3 saturated heterocycles. The quantitative estimate of drug-likeness (QED) is 0.818. The predicted molar refractivity (Wildman–Crippen MR) is 104 cm³/mol. The molecule has 3 fully saturated rings. The van der Waals surface area contributed by atoms with E-state index < -0.39 is 18.0 Å². The highest BCUT2D eigenvalue weighted by atomic mass is 19.1. The van der Waals surface area contributed by atoms with Gasteiger partial charge in [0.25, 0.3) is 0 Å². The third kappa shape index (κ3) is 4.30. The number of amides is 2. The molecular formula is C20H26FN3O5. The number of anilines is 2. The number of carbonyl (C=O) groups excluding carboxylic acids is 2. The van der Waals surface area contributed by atoms with E-state index in [2.05, 4.69) is 5.32 Å². The molecule has 1 N–H and O–H groups in total. The van der Waals surface area contributed by atoms with Gasteiger partial charge in [0.05, 0.1) is 37.7 Å². The summed E-state index contributed by atoms with van der Waals surface area (Å²) in [5.74, 6) is -0.587. The number of morpholine rings is 1. The number of rotatable bonds is 4. The second-order valence-electron chi connectivity index (χ2n) is 7.80. The molecule has 3 aliphatic heterocycles. The van der Waals surface area contributed by atoms with E-state index in [1.165, 1.54) is 17.9 Å². The number of carbonyl (C=O) groups is 2. The third-order valence-electron chi connectivity index (χ3n) is 5.57. The fraction of sp³-hybridized carbons (Fsp3) is 0.600. The maximum absolute atomic E-state index is 15.0. The van der Waals surface area contributed by atoms with Crippen LogP contribution < -0.4 is 15.1 Å². The molecule has 0 radical (unpaired) electrons. The Morgan fingerprint density at radius 1 is 1.38 bits per heavy atom. The van der Waals surface area contributed by atoms with Crippen molar-refractivity contribution in [3.05, 3.63) is 24.0 Å². The van der Waals surface area contributed by atoms with Crippen LogP contribution in [0.25, 0.3) is 0 Å². The predicted octanol–water partition coefficient (Wildman–Crippen LogP) is 1.67. The number of ether oxygens (including phenoxy) is 3. The lowest BCUT2D eigenvalue weighted by molar-refractivity contribution is -0.133. The Hall–Kier alpha value is -2.39. The summed E-state index contributed by atoms with van der Waals surface area (Å²) in [5.41, 5.74) is 0.548. The molecule has 158 valence electrons. The van der Waals surface area contributed by atoms with Crippen molar-refractivity contribution in [1.82, 2.24) is 5.32 Å². The first-order valence-electron chi connectivity index (χ1n) is 9.95. The highest BCUT2D eigenvalue weighted by molar-refractivity contribution is 5.90. The summed E-state index contributed by atoms with van der Waals surface area (Å²) in [6.07, 6.45) is 0.835. The van der Waals surface area contributed by atoms with Crippen LogP contribution in [-0.4, -0.2) is 69.7 Å². The Labute approximate surface area is 168 Å². The highest BCUT2D eigenvalue weighted by Gasteiger charge is 2.39. The van der Waals surface area contributed by atoms with Crippen molar-refractivity contribution in [2.45, 2.75) is 31.5 Å². The zero-order chi connectivity index (χ0) is 20.4. The molecule has 1 aromatic rings. The van der Waals surface area contributed by atoms with E-state index in [0.29, 0.717) is 37.7 Å². The van der Waals surface area contributed by atoms with E-state index in [4.69, 9.17) is 14.2 Å². The Bertz CT molecular complexity index is 778. The number of benzene rings is 1. The molecule has 9 heteroatoms. The van der Waals surface area contributed by atoms with Crippen LogP contribution in [0.1, 0.15) is 19.8 Å². The molecule has 1 spiro atoms. The molecule has 4 rings (SSSR count). The van der Waals surface area contributed by atoms with Crippen molar-refractivity contribution in [1.29, 1.82) is 0 Å². The van der Waals surface area contributed by atoms with Gasteiger partial charge in [0, 0.05) is 26.6 Å². The third-order valence-corrected chi connectivity index (χ3v) is 5.57. The van der Waals surface area contributed by atoms with E-state index in [0.717, 1.165) is 19.4 Å². The van der Waals surface area contributed by atoms with Gasteiger partial charge < -0.3 is 24.4 Å². The average molecular weight is 407 g/mol. The number of nitrogens with one attached hydrogen (secondary N) is 1. The minimum atomic E-state index is -0.544. The molecule has 0 saturated carbocycles. The van der Waals surface area contributed by atoms with Crippen molar-refractivity contribution in [3.8, 4) is 0 Å².